The SMILES string of the molecule is N#Cc1cc(C(Br)Br)c(C#N)cc1C(Br)Br. The third-order valence-electron chi connectivity index (χ3n) is 1.93. The standard InChI is InChI=1S/C10H4Br4N2/c11-9(12)7-1-5(3-15)8(10(13)14)2-6(7)4-16/h1-2,9-10H. The van der Waals surface area contributed by atoms with Crippen molar-refractivity contribution in [1.82, 2.24) is 0 Å². The van der Waals surface area contributed by atoms with Crippen LogP contribution < -0.4 is 0 Å². The van der Waals surface area contributed by atoms with E-state index < -0.39 is 0 Å². The molecule has 1 aromatic carbocycles. The van der Waals surface area contributed by atoms with Crippen LogP contribution in [-0.2, 0) is 0 Å². The smallest absolute Gasteiger partial charge is 0.0995 e. The highest BCUT2D eigenvalue weighted by molar-refractivity contribution is 9.24. The molecule has 0 spiro atoms. The van der Waals surface area contributed by atoms with E-state index in [9.17, 15) is 0 Å². The zero-order valence-electron chi connectivity index (χ0n) is 7.72. The summed E-state index contributed by atoms with van der Waals surface area (Å²) >= 11 is 13.3. The molecular weight excluding hydrogens is 468 g/mol. The molecule has 0 radical (unpaired) electrons. The van der Waals surface area contributed by atoms with Crippen molar-refractivity contribution in [3.63, 3.8) is 0 Å². The summed E-state index contributed by atoms with van der Waals surface area (Å²) in [5.41, 5.74) is 2.58. The fourth-order valence-electron chi connectivity index (χ4n) is 1.19. The van der Waals surface area contributed by atoms with Gasteiger partial charge in [-0.3, -0.25) is 0 Å². The number of hydrogen-bond donors (Lipinski definition) is 0. The van der Waals surface area contributed by atoms with E-state index in [1.165, 1.54) is 0 Å². The maximum absolute atomic E-state index is 9.03. The quantitative estimate of drug-likeness (QED) is 0.570. The molecule has 0 amide bonds. The number of rotatable bonds is 2. The van der Waals surface area contributed by atoms with Gasteiger partial charge in [0.05, 0.1) is 30.7 Å². The van der Waals surface area contributed by atoms with Crippen LogP contribution in [0.4, 0.5) is 0 Å². The van der Waals surface area contributed by atoms with Crippen molar-refractivity contribution >= 4 is 63.7 Å². The summed E-state index contributed by atoms with van der Waals surface area (Å²) in [5.74, 6) is 0. The number of nitriles is 2. The number of halogens is 4. The molecule has 0 aliphatic rings. The molecule has 6 heteroatoms. The molecule has 0 aliphatic heterocycles. The Morgan fingerprint density at radius 2 is 1.12 bits per heavy atom. The van der Waals surface area contributed by atoms with Crippen LogP contribution >= 0.6 is 63.7 Å². The average Bonchev–Trinajstić information content (AvgIpc) is 2.26. The van der Waals surface area contributed by atoms with Gasteiger partial charge >= 0.3 is 0 Å². The van der Waals surface area contributed by atoms with Gasteiger partial charge in [-0.05, 0) is 23.3 Å². The van der Waals surface area contributed by atoms with E-state index in [2.05, 4.69) is 75.9 Å². The molecule has 0 bridgehead atoms. The van der Waals surface area contributed by atoms with Gasteiger partial charge in [-0.1, -0.05) is 63.7 Å². The van der Waals surface area contributed by atoms with Crippen LogP contribution in [0.1, 0.15) is 29.7 Å². The lowest BCUT2D eigenvalue weighted by molar-refractivity contribution is 1.28. The molecule has 82 valence electrons. The van der Waals surface area contributed by atoms with Crippen molar-refractivity contribution < 1.29 is 0 Å². The second-order valence-electron chi connectivity index (χ2n) is 2.85. The molecule has 0 N–H and O–H groups in total. The average molecular weight is 472 g/mol. The minimum Gasteiger partial charge on any atom is -0.192 e. The van der Waals surface area contributed by atoms with Crippen molar-refractivity contribution in [3.8, 4) is 12.1 Å². The maximum Gasteiger partial charge on any atom is 0.0995 e. The summed E-state index contributed by atoms with van der Waals surface area (Å²) in [6.07, 6.45) is 0. The zero-order valence-corrected chi connectivity index (χ0v) is 14.1. The van der Waals surface area contributed by atoms with Gasteiger partial charge in [0, 0.05) is 0 Å². The Morgan fingerprint density at radius 1 is 0.812 bits per heavy atom. The van der Waals surface area contributed by atoms with E-state index in [-0.39, 0.29) is 7.47 Å². The summed E-state index contributed by atoms with van der Waals surface area (Å²) in [6, 6.07) is 7.64. The lowest BCUT2D eigenvalue weighted by Crippen LogP contribution is -1.96. The second kappa shape index (κ2) is 6.16. The third kappa shape index (κ3) is 3.07. The van der Waals surface area contributed by atoms with E-state index >= 15 is 0 Å². The molecular formula is C10H4Br4N2. The molecule has 0 atom stereocenters. The van der Waals surface area contributed by atoms with E-state index in [1.807, 2.05) is 0 Å². The molecule has 16 heavy (non-hydrogen) atoms. The fraction of sp³-hybridized carbons (Fsp3) is 0.200. The predicted octanol–water partition coefficient (Wildman–Crippen LogP) is 5.01. The minimum absolute atomic E-state index is 0.139. The Morgan fingerprint density at radius 3 is 1.31 bits per heavy atom. The highest BCUT2D eigenvalue weighted by atomic mass is 79.9. The second-order valence-corrected chi connectivity index (χ2v) is 8.97. The van der Waals surface area contributed by atoms with Gasteiger partial charge in [-0.2, -0.15) is 10.5 Å². The highest BCUT2D eigenvalue weighted by Crippen LogP contribution is 2.37. The monoisotopic (exact) mass is 468 g/mol. The first-order chi connectivity index (χ1) is 7.51. The molecule has 0 unspecified atom stereocenters. The van der Waals surface area contributed by atoms with Gasteiger partial charge in [-0.15, -0.1) is 0 Å². The largest absolute Gasteiger partial charge is 0.192 e. The maximum atomic E-state index is 9.03. The molecule has 0 heterocycles. The summed E-state index contributed by atoms with van der Waals surface area (Å²) in [4.78, 5) is 0. The zero-order chi connectivity index (χ0) is 12.3. The van der Waals surface area contributed by atoms with Gasteiger partial charge in [0.15, 0.2) is 0 Å². The van der Waals surface area contributed by atoms with E-state index in [0.29, 0.717) is 11.1 Å². The molecule has 1 aromatic rings. The van der Waals surface area contributed by atoms with E-state index in [1.54, 1.807) is 12.1 Å². The Balaban J connectivity index is 3.50. The summed E-state index contributed by atoms with van der Waals surface area (Å²) < 4.78 is -0.278. The van der Waals surface area contributed by atoms with Crippen LogP contribution in [0.5, 0.6) is 0 Å². The van der Waals surface area contributed by atoms with E-state index in [4.69, 9.17) is 10.5 Å². The predicted molar refractivity (Wildman–Crippen MR) is 77.1 cm³/mol. The van der Waals surface area contributed by atoms with Crippen molar-refractivity contribution in [3.05, 3.63) is 34.4 Å². The lowest BCUT2D eigenvalue weighted by Gasteiger charge is -2.11. The first-order valence-corrected chi connectivity index (χ1v) is 7.71. The normalized spacial score (nSPS) is 10.2. The molecule has 2 nitrogen and oxygen atoms in total. The Kier molecular flexibility index (Phi) is 5.46. The molecule has 1 rings (SSSR count). The molecule has 0 fully saturated rings. The topological polar surface area (TPSA) is 47.6 Å². The first-order valence-electron chi connectivity index (χ1n) is 4.05. The Labute approximate surface area is 127 Å². The van der Waals surface area contributed by atoms with E-state index in [0.717, 1.165) is 11.1 Å². The van der Waals surface area contributed by atoms with Crippen molar-refractivity contribution in [2.24, 2.45) is 0 Å². The van der Waals surface area contributed by atoms with Gasteiger partial charge in [0.2, 0.25) is 0 Å². The molecule has 0 aromatic heterocycles. The van der Waals surface area contributed by atoms with Crippen molar-refractivity contribution in [2.45, 2.75) is 7.47 Å². The van der Waals surface area contributed by atoms with Crippen LogP contribution in [0.2, 0.25) is 0 Å². The number of nitrogens with zero attached hydrogens (tertiary/aromatic N) is 2. The van der Waals surface area contributed by atoms with Crippen molar-refractivity contribution in [1.29, 1.82) is 10.5 Å². The first kappa shape index (κ1) is 14.2. The van der Waals surface area contributed by atoms with Crippen LogP contribution in [0.15, 0.2) is 12.1 Å². The molecule has 0 aliphatic carbocycles. The Hall–Kier alpha value is 0.120. The summed E-state index contributed by atoms with van der Waals surface area (Å²) in [6.45, 7) is 0. The fourth-order valence-corrected chi connectivity index (χ4v) is 2.70. The minimum atomic E-state index is -0.139. The van der Waals surface area contributed by atoms with Crippen molar-refractivity contribution in [2.75, 3.05) is 0 Å². The van der Waals surface area contributed by atoms with Gasteiger partial charge in [0.1, 0.15) is 0 Å². The molecule has 0 saturated carbocycles. The number of benzene rings is 1. The van der Waals surface area contributed by atoms with Crippen LogP contribution in [0.3, 0.4) is 0 Å². The van der Waals surface area contributed by atoms with Gasteiger partial charge in [0.25, 0.3) is 0 Å². The molecule has 0 saturated heterocycles. The number of hydrogen-bond acceptors (Lipinski definition) is 2. The summed E-state index contributed by atoms with van der Waals surface area (Å²) in [5, 5.41) is 18.1. The van der Waals surface area contributed by atoms with Gasteiger partial charge in [-0.25, -0.2) is 0 Å². The lowest BCUT2D eigenvalue weighted by atomic mass is 10.0. The summed E-state index contributed by atoms with van der Waals surface area (Å²) in [7, 11) is 0. The number of alkyl halides is 4. The van der Waals surface area contributed by atoms with Crippen LogP contribution in [-0.4, -0.2) is 0 Å². The van der Waals surface area contributed by atoms with Crippen LogP contribution in [0, 0.1) is 22.7 Å². The van der Waals surface area contributed by atoms with Gasteiger partial charge < -0.3 is 0 Å². The van der Waals surface area contributed by atoms with Crippen LogP contribution in [0.25, 0.3) is 0 Å². The Bertz CT molecular complexity index is 437. The third-order valence-corrected chi connectivity index (χ3v) is 3.91. The highest BCUT2D eigenvalue weighted by Gasteiger charge is 2.16.